The molecule has 0 aromatic rings. The van der Waals surface area contributed by atoms with Crippen molar-refractivity contribution in [3.05, 3.63) is 0 Å². The summed E-state index contributed by atoms with van der Waals surface area (Å²) in [6.07, 6.45) is 0.874. The monoisotopic (exact) mass is 263 g/mol. The van der Waals surface area contributed by atoms with E-state index in [9.17, 15) is 8.42 Å². The van der Waals surface area contributed by atoms with Crippen molar-refractivity contribution in [3.8, 4) is 0 Å². The molecule has 96 valence electrons. The van der Waals surface area contributed by atoms with E-state index in [1.54, 1.807) is 0 Å². The number of sulfone groups is 1. The van der Waals surface area contributed by atoms with Gasteiger partial charge in [0.05, 0.1) is 11.5 Å². The predicted molar refractivity (Wildman–Crippen MR) is 72.3 cm³/mol. The highest BCUT2D eigenvalue weighted by Crippen LogP contribution is 2.31. The maximum atomic E-state index is 11.5. The Balaban J connectivity index is 2.64. The zero-order valence-electron chi connectivity index (χ0n) is 10.9. The summed E-state index contributed by atoms with van der Waals surface area (Å²) in [6, 6.07) is 1.23. The molecule has 5 heteroatoms. The first-order valence-electron chi connectivity index (χ1n) is 6.08. The van der Waals surface area contributed by atoms with Crippen molar-refractivity contribution < 1.29 is 8.42 Å². The summed E-state index contributed by atoms with van der Waals surface area (Å²) >= 11 is 0. The summed E-state index contributed by atoms with van der Waals surface area (Å²) in [5.74, 6) is 1.77. The lowest BCUT2D eigenvalue weighted by Crippen LogP contribution is -2.34. The Kier molecular flexibility index (Phi) is 4.60. The van der Waals surface area contributed by atoms with Crippen molar-refractivity contribution in [1.29, 1.82) is 0 Å². The molecule has 0 bridgehead atoms. The van der Waals surface area contributed by atoms with Crippen LogP contribution in [0, 0.1) is 11.8 Å². The van der Waals surface area contributed by atoms with Gasteiger partial charge >= 0.3 is 0 Å². The van der Waals surface area contributed by atoms with Crippen LogP contribution >= 0.6 is 0 Å². The van der Waals surface area contributed by atoms with Gasteiger partial charge in [-0.1, -0.05) is 25.7 Å². The molecule has 16 heavy (non-hydrogen) atoms. The van der Waals surface area contributed by atoms with Gasteiger partial charge in [-0.2, -0.15) is 0 Å². The van der Waals surface area contributed by atoms with E-state index in [4.69, 9.17) is 0 Å². The molecular weight excluding hydrogens is 238 g/mol. The van der Waals surface area contributed by atoms with Crippen molar-refractivity contribution in [1.82, 2.24) is 5.32 Å². The SMILES string of the molecule is CNCC(C[Si](C)(C)C)C1CCS(=O)(=O)C1. The quantitative estimate of drug-likeness (QED) is 0.766. The van der Waals surface area contributed by atoms with E-state index in [-0.39, 0.29) is 0 Å². The fraction of sp³-hybridized carbons (Fsp3) is 1.00. The predicted octanol–water partition coefficient (Wildman–Crippen LogP) is 1.59. The Morgan fingerprint density at radius 1 is 1.38 bits per heavy atom. The Morgan fingerprint density at radius 3 is 2.38 bits per heavy atom. The van der Waals surface area contributed by atoms with Crippen LogP contribution in [0.3, 0.4) is 0 Å². The molecule has 1 rings (SSSR count). The van der Waals surface area contributed by atoms with Crippen LogP contribution in [-0.4, -0.2) is 41.6 Å². The first-order valence-corrected chi connectivity index (χ1v) is 11.6. The lowest BCUT2D eigenvalue weighted by Gasteiger charge is -2.28. The van der Waals surface area contributed by atoms with Gasteiger partial charge in [0, 0.05) is 8.07 Å². The highest BCUT2D eigenvalue weighted by atomic mass is 32.2. The molecule has 0 radical (unpaired) electrons. The van der Waals surface area contributed by atoms with Gasteiger partial charge in [-0.05, 0) is 31.8 Å². The topological polar surface area (TPSA) is 46.2 Å². The van der Waals surface area contributed by atoms with Crippen LogP contribution in [-0.2, 0) is 9.84 Å². The molecule has 1 heterocycles. The Bertz CT molecular complexity index is 321. The molecule has 0 aliphatic carbocycles. The van der Waals surface area contributed by atoms with Crippen LogP contribution in [0.5, 0.6) is 0 Å². The van der Waals surface area contributed by atoms with Gasteiger partial charge in [-0.3, -0.25) is 0 Å². The number of hydrogen-bond donors (Lipinski definition) is 1. The summed E-state index contributed by atoms with van der Waals surface area (Å²) in [7, 11) is -1.87. The molecular formula is C11H25NO2SSi. The van der Waals surface area contributed by atoms with E-state index in [0.29, 0.717) is 23.3 Å². The molecule has 1 saturated heterocycles. The first-order chi connectivity index (χ1) is 7.23. The van der Waals surface area contributed by atoms with Gasteiger partial charge in [0.15, 0.2) is 9.84 Å². The fourth-order valence-electron chi connectivity index (χ4n) is 2.65. The van der Waals surface area contributed by atoms with Gasteiger partial charge in [-0.25, -0.2) is 8.42 Å². The second-order valence-corrected chi connectivity index (χ2v) is 14.0. The normalized spacial score (nSPS) is 26.9. The van der Waals surface area contributed by atoms with E-state index in [2.05, 4.69) is 25.0 Å². The lowest BCUT2D eigenvalue weighted by atomic mass is 9.93. The van der Waals surface area contributed by atoms with Crippen LogP contribution in [0.1, 0.15) is 6.42 Å². The van der Waals surface area contributed by atoms with Gasteiger partial charge in [0.2, 0.25) is 0 Å². The number of rotatable bonds is 5. The summed E-state index contributed by atoms with van der Waals surface area (Å²) in [5.41, 5.74) is 0. The molecule has 2 unspecified atom stereocenters. The maximum Gasteiger partial charge on any atom is 0.150 e. The van der Waals surface area contributed by atoms with Gasteiger partial charge in [0.1, 0.15) is 0 Å². The third-order valence-electron chi connectivity index (χ3n) is 3.28. The van der Waals surface area contributed by atoms with Crippen LogP contribution in [0.25, 0.3) is 0 Å². The minimum atomic E-state index is -2.73. The summed E-state index contributed by atoms with van der Waals surface area (Å²) in [5, 5.41) is 3.22. The largest absolute Gasteiger partial charge is 0.319 e. The standard InChI is InChI=1S/C11H25NO2SSi/c1-12-7-11(9-16(2,3)4)10-5-6-15(13,14)8-10/h10-12H,5-9H2,1-4H3. The third kappa shape index (κ3) is 4.55. The van der Waals surface area contributed by atoms with Crippen molar-refractivity contribution in [3.63, 3.8) is 0 Å². The highest BCUT2D eigenvalue weighted by molar-refractivity contribution is 7.91. The van der Waals surface area contributed by atoms with Crippen molar-refractivity contribution in [2.24, 2.45) is 11.8 Å². The van der Waals surface area contributed by atoms with E-state index < -0.39 is 17.9 Å². The van der Waals surface area contributed by atoms with E-state index in [1.165, 1.54) is 6.04 Å². The summed E-state index contributed by atoms with van der Waals surface area (Å²) in [4.78, 5) is 0. The zero-order valence-corrected chi connectivity index (χ0v) is 12.7. The average Bonchev–Trinajstić information content (AvgIpc) is 2.43. The van der Waals surface area contributed by atoms with Crippen molar-refractivity contribution in [2.45, 2.75) is 32.1 Å². The third-order valence-corrected chi connectivity index (χ3v) is 6.82. The molecule has 3 nitrogen and oxygen atoms in total. The molecule has 1 N–H and O–H groups in total. The molecule has 1 aliphatic heterocycles. The maximum absolute atomic E-state index is 11.5. The molecule has 2 atom stereocenters. The van der Waals surface area contributed by atoms with Crippen LogP contribution < -0.4 is 5.32 Å². The minimum Gasteiger partial charge on any atom is -0.319 e. The van der Waals surface area contributed by atoms with Gasteiger partial charge in [0.25, 0.3) is 0 Å². The molecule has 0 spiro atoms. The summed E-state index contributed by atoms with van der Waals surface area (Å²) in [6.45, 7) is 8.04. The Morgan fingerprint density at radius 2 is 2.00 bits per heavy atom. The molecule has 0 amide bonds. The van der Waals surface area contributed by atoms with Crippen LogP contribution in [0.4, 0.5) is 0 Å². The fourth-order valence-corrected chi connectivity index (χ4v) is 6.62. The molecule has 1 aliphatic rings. The minimum absolute atomic E-state index is 0.393. The van der Waals surface area contributed by atoms with E-state index in [1.807, 2.05) is 7.05 Å². The summed E-state index contributed by atoms with van der Waals surface area (Å²) < 4.78 is 23.0. The molecule has 1 fully saturated rings. The van der Waals surface area contributed by atoms with Gasteiger partial charge in [-0.15, -0.1) is 0 Å². The Hall–Kier alpha value is 0.127. The van der Waals surface area contributed by atoms with Crippen molar-refractivity contribution in [2.75, 3.05) is 25.1 Å². The van der Waals surface area contributed by atoms with E-state index >= 15 is 0 Å². The average molecular weight is 263 g/mol. The molecule has 0 aromatic heterocycles. The lowest BCUT2D eigenvalue weighted by molar-refractivity contribution is 0.380. The smallest absolute Gasteiger partial charge is 0.150 e. The van der Waals surface area contributed by atoms with Crippen LogP contribution in [0.2, 0.25) is 25.7 Å². The second-order valence-electron chi connectivity index (χ2n) is 6.25. The second kappa shape index (κ2) is 5.19. The van der Waals surface area contributed by atoms with Gasteiger partial charge < -0.3 is 5.32 Å². The van der Waals surface area contributed by atoms with Crippen LogP contribution in [0.15, 0.2) is 0 Å². The van der Waals surface area contributed by atoms with E-state index in [0.717, 1.165) is 13.0 Å². The molecule has 0 aromatic carbocycles. The molecule has 0 saturated carbocycles. The number of nitrogens with one attached hydrogen (secondary N) is 1. The highest BCUT2D eigenvalue weighted by Gasteiger charge is 2.35. The zero-order chi connectivity index (χ0) is 12.4. The Labute approximate surface area is 101 Å². The van der Waals surface area contributed by atoms with Crippen molar-refractivity contribution >= 4 is 17.9 Å². The first kappa shape index (κ1) is 14.2. The number of hydrogen-bond acceptors (Lipinski definition) is 3.